The van der Waals surface area contributed by atoms with Crippen LogP contribution in [0.5, 0.6) is 5.75 Å². The van der Waals surface area contributed by atoms with Gasteiger partial charge in [-0.1, -0.05) is 18.2 Å². The van der Waals surface area contributed by atoms with Gasteiger partial charge in [-0.2, -0.15) is 0 Å². The molecule has 3 rings (SSSR count). The fraction of sp³-hybridized carbons (Fsp3) is 0.476. The molecule has 0 saturated carbocycles. The molecule has 152 valence electrons. The molecule has 0 unspecified atom stereocenters. The molecule has 1 aromatic carbocycles. The summed E-state index contributed by atoms with van der Waals surface area (Å²) >= 11 is 0. The van der Waals surface area contributed by atoms with Crippen LogP contribution < -0.4 is 15.0 Å². The molecular weight excluding hydrogens is 356 g/mol. The summed E-state index contributed by atoms with van der Waals surface area (Å²) in [7, 11) is 1.66. The minimum atomic E-state index is 0.236. The number of methoxy groups -OCH3 is 1. The zero-order chi connectivity index (χ0) is 19.4. The highest BCUT2D eigenvalue weighted by molar-refractivity contribution is 5.58. The Hall–Kier alpha value is -2.35. The van der Waals surface area contributed by atoms with Crippen LogP contribution in [0.1, 0.15) is 0 Å². The van der Waals surface area contributed by atoms with E-state index in [1.807, 2.05) is 36.5 Å². The maximum atomic E-state index is 5.83. The van der Waals surface area contributed by atoms with Gasteiger partial charge in [0.25, 0.3) is 0 Å². The first-order valence-corrected chi connectivity index (χ1v) is 9.77. The second-order valence-corrected chi connectivity index (χ2v) is 6.60. The van der Waals surface area contributed by atoms with E-state index in [9.17, 15) is 0 Å². The van der Waals surface area contributed by atoms with E-state index in [-0.39, 0.29) is 6.79 Å². The number of benzene rings is 1. The predicted molar refractivity (Wildman–Crippen MR) is 111 cm³/mol. The zero-order valence-electron chi connectivity index (χ0n) is 16.5. The molecular formula is C21H30N4O3. The number of hydrogen-bond acceptors (Lipinski definition) is 7. The summed E-state index contributed by atoms with van der Waals surface area (Å²) in [6, 6.07) is 14.1. The van der Waals surface area contributed by atoms with Crippen LogP contribution in [-0.4, -0.2) is 76.3 Å². The monoisotopic (exact) mass is 386 g/mol. The largest absolute Gasteiger partial charge is 0.465 e. The number of ether oxygens (including phenoxy) is 3. The maximum absolute atomic E-state index is 5.83. The molecule has 0 spiro atoms. The van der Waals surface area contributed by atoms with Gasteiger partial charge in [-0.15, -0.1) is 0 Å². The van der Waals surface area contributed by atoms with Crippen molar-refractivity contribution >= 4 is 11.5 Å². The van der Waals surface area contributed by atoms with Crippen LogP contribution >= 0.6 is 0 Å². The first kappa shape index (κ1) is 20.4. The van der Waals surface area contributed by atoms with Gasteiger partial charge in [-0.3, -0.25) is 4.90 Å². The lowest BCUT2D eigenvalue weighted by Crippen LogP contribution is -2.47. The maximum Gasteiger partial charge on any atom is 0.189 e. The number of pyridine rings is 1. The highest BCUT2D eigenvalue weighted by atomic mass is 16.7. The van der Waals surface area contributed by atoms with Crippen molar-refractivity contribution in [1.82, 2.24) is 9.88 Å². The Balaban J connectivity index is 1.41. The molecule has 28 heavy (non-hydrogen) atoms. The first-order chi connectivity index (χ1) is 13.9. The summed E-state index contributed by atoms with van der Waals surface area (Å²) in [5.41, 5.74) is 1.13. The molecule has 1 aliphatic rings. The van der Waals surface area contributed by atoms with Crippen LogP contribution in [0.25, 0.3) is 0 Å². The van der Waals surface area contributed by atoms with Crippen LogP contribution in [0.4, 0.5) is 11.5 Å². The minimum Gasteiger partial charge on any atom is -0.465 e. The number of anilines is 2. The summed E-state index contributed by atoms with van der Waals surface area (Å²) in [5, 5.41) is 3.37. The van der Waals surface area contributed by atoms with Crippen LogP contribution in [-0.2, 0) is 9.47 Å². The lowest BCUT2D eigenvalue weighted by Gasteiger charge is -2.36. The van der Waals surface area contributed by atoms with Crippen molar-refractivity contribution in [1.29, 1.82) is 0 Å². The molecule has 1 aromatic heterocycles. The number of aromatic nitrogens is 1. The minimum absolute atomic E-state index is 0.236. The van der Waals surface area contributed by atoms with Gasteiger partial charge in [0.2, 0.25) is 0 Å². The van der Waals surface area contributed by atoms with E-state index >= 15 is 0 Å². The van der Waals surface area contributed by atoms with Gasteiger partial charge in [-0.05, 0) is 24.3 Å². The molecule has 1 fully saturated rings. The molecule has 1 saturated heterocycles. The van der Waals surface area contributed by atoms with Crippen LogP contribution in [0.3, 0.4) is 0 Å². The van der Waals surface area contributed by atoms with Gasteiger partial charge >= 0.3 is 0 Å². The molecule has 0 atom stereocenters. The molecule has 0 amide bonds. The Bertz CT molecular complexity index is 678. The smallest absolute Gasteiger partial charge is 0.189 e. The van der Waals surface area contributed by atoms with E-state index in [0.717, 1.165) is 56.5 Å². The number of piperazine rings is 1. The molecule has 2 aromatic rings. The lowest BCUT2D eigenvalue weighted by molar-refractivity contribution is -0.00830. The fourth-order valence-electron chi connectivity index (χ4n) is 3.17. The van der Waals surface area contributed by atoms with Gasteiger partial charge in [0.15, 0.2) is 6.79 Å². The molecule has 7 nitrogen and oxygen atoms in total. The third kappa shape index (κ3) is 6.37. The molecule has 0 radical (unpaired) electrons. The van der Waals surface area contributed by atoms with Gasteiger partial charge < -0.3 is 24.4 Å². The van der Waals surface area contributed by atoms with E-state index in [2.05, 4.69) is 32.2 Å². The fourth-order valence-corrected chi connectivity index (χ4v) is 3.17. The highest BCUT2D eigenvalue weighted by Crippen LogP contribution is 2.28. The summed E-state index contributed by atoms with van der Waals surface area (Å²) in [4.78, 5) is 9.15. The summed E-state index contributed by atoms with van der Waals surface area (Å²) in [6.45, 7) is 7.27. The van der Waals surface area contributed by atoms with E-state index in [1.165, 1.54) is 0 Å². The number of nitrogens with one attached hydrogen (secondary N) is 1. The van der Waals surface area contributed by atoms with Crippen molar-refractivity contribution in [3.63, 3.8) is 0 Å². The van der Waals surface area contributed by atoms with Gasteiger partial charge in [0.05, 0.1) is 18.9 Å². The second-order valence-electron chi connectivity index (χ2n) is 6.60. The standard InChI is InChI=1S/C21H30N4O3/c1-26-16-17-27-18-28-20-7-3-2-6-19(20)25-14-12-24(13-15-25)11-10-23-21-8-4-5-9-22-21/h2-9H,10-18H2,1H3,(H,22,23). The molecule has 1 N–H and O–H groups in total. The average molecular weight is 386 g/mol. The SMILES string of the molecule is COCCOCOc1ccccc1N1CCN(CCNc2ccccn2)CC1. The topological polar surface area (TPSA) is 59.1 Å². The molecule has 7 heteroatoms. The molecule has 0 aliphatic carbocycles. The number of hydrogen-bond donors (Lipinski definition) is 1. The van der Waals surface area contributed by atoms with Crippen molar-refractivity contribution in [2.24, 2.45) is 0 Å². The third-order valence-corrected chi connectivity index (χ3v) is 4.71. The van der Waals surface area contributed by atoms with E-state index < -0.39 is 0 Å². The Morgan fingerprint density at radius 1 is 1.00 bits per heavy atom. The van der Waals surface area contributed by atoms with Crippen LogP contribution in [0.15, 0.2) is 48.7 Å². The Morgan fingerprint density at radius 2 is 1.82 bits per heavy atom. The van der Waals surface area contributed by atoms with Crippen molar-refractivity contribution in [3.05, 3.63) is 48.7 Å². The third-order valence-electron chi connectivity index (χ3n) is 4.71. The Labute approximate surface area is 167 Å². The predicted octanol–water partition coefficient (Wildman–Crippen LogP) is 2.32. The van der Waals surface area contributed by atoms with E-state index in [0.29, 0.717) is 13.2 Å². The number of nitrogens with zero attached hydrogens (tertiary/aromatic N) is 3. The van der Waals surface area contributed by atoms with Crippen molar-refractivity contribution in [3.8, 4) is 5.75 Å². The first-order valence-electron chi connectivity index (χ1n) is 9.77. The lowest BCUT2D eigenvalue weighted by atomic mass is 10.2. The summed E-state index contributed by atoms with van der Waals surface area (Å²) in [6.07, 6.45) is 1.81. The van der Waals surface area contributed by atoms with E-state index in [4.69, 9.17) is 14.2 Å². The van der Waals surface area contributed by atoms with Crippen molar-refractivity contribution in [2.45, 2.75) is 0 Å². The van der Waals surface area contributed by atoms with Crippen LogP contribution in [0, 0.1) is 0 Å². The Kier molecular flexibility index (Phi) is 8.36. The van der Waals surface area contributed by atoms with Gasteiger partial charge in [0, 0.05) is 52.6 Å². The Morgan fingerprint density at radius 3 is 2.61 bits per heavy atom. The summed E-state index contributed by atoms with van der Waals surface area (Å²) < 4.78 is 16.2. The highest BCUT2D eigenvalue weighted by Gasteiger charge is 2.19. The van der Waals surface area contributed by atoms with Gasteiger partial charge in [-0.25, -0.2) is 4.98 Å². The summed E-state index contributed by atoms with van der Waals surface area (Å²) in [5.74, 6) is 1.80. The van der Waals surface area contributed by atoms with Gasteiger partial charge in [0.1, 0.15) is 11.6 Å². The van der Waals surface area contributed by atoms with Crippen molar-refractivity contribution < 1.29 is 14.2 Å². The zero-order valence-corrected chi connectivity index (χ0v) is 16.5. The molecule has 1 aliphatic heterocycles. The quantitative estimate of drug-likeness (QED) is 0.470. The average Bonchev–Trinajstić information content (AvgIpc) is 2.75. The van der Waals surface area contributed by atoms with Crippen LogP contribution in [0.2, 0.25) is 0 Å². The van der Waals surface area contributed by atoms with E-state index in [1.54, 1.807) is 7.11 Å². The normalized spacial score (nSPS) is 14.8. The molecule has 2 heterocycles. The number of rotatable bonds is 11. The number of para-hydroxylation sites is 2. The molecule has 0 bridgehead atoms. The van der Waals surface area contributed by atoms with Crippen molar-refractivity contribution in [2.75, 3.05) is 76.6 Å². The second kappa shape index (κ2) is 11.5.